The van der Waals surface area contributed by atoms with Crippen LogP contribution in [0.1, 0.15) is 0 Å². The van der Waals surface area contributed by atoms with Crippen molar-refractivity contribution < 1.29 is 8.83 Å². The van der Waals surface area contributed by atoms with E-state index in [-0.39, 0.29) is 0 Å². The van der Waals surface area contributed by atoms with Gasteiger partial charge in [0.15, 0.2) is 0 Å². The Labute approximate surface area is 346 Å². The molecular formula is C56H36N2O2. The average molecular weight is 769 g/mol. The molecule has 0 saturated heterocycles. The third kappa shape index (κ3) is 5.61. The Hall–Kier alpha value is -8.08. The maximum Gasteiger partial charge on any atom is 0.137 e. The average Bonchev–Trinajstić information content (AvgIpc) is 4.02. The molecule has 0 bridgehead atoms. The van der Waals surface area contributed by atoms with Crippen molar-refractivity contribution in [1.29, 1.82) is 0 Å². The number of nitrogens with zero attached hydrogens (tertiary/aromatic N) is 2. The molecule has 3 heterocycles. The zero-order chi connectivity index (χ0) is 39.6. The van der Waals surface area contributed by atoms with E-state index in [1.165, 1.54) is 32.9 Å². The van der Waals surface area contributed by atoms with Crippen LogP contribution in [0.4, 0.5) is 17.1 Å². The summed E-state index contributed by atoms with van der Waals surface area (Å²) in [4.78, 5) is 2.31. The molecule has 60 heavy (non-hydrogen) atoms. The lowest BCUT2D eigenvalue weighted by molar-refractivity contribution is 0.631. The van der Waals surface area contributed by atoms with E-state index in [0.29, 0.717) is 0 Å². The van der Waals surface area contributed by atoms with Gasteiger partial charge in [0.25, 0.3) is 0 Å². The summed E-state index contributed by atoms with van der Waals surface area (Å²) in [6.45, 7) is 0. The molecule has 4 nitrogen and oxygen atoms in total. The van der Waals surface area contributed by atoms with E-state index >= 15 is 0 Å². The minimum absolute atomic E-state index is 0.860. The fraction of sp³-hybridized carbons (Fsp3) is 0. The Bertz CT molecular complexity index is 3470. The van der Waals surface area contributed by atoms with Crippen LogP contribution in [0.25, 0.3) is 94.0 Å². The summed E-state index contributed by atoms with van der Waals surface area (Å²) in [5.74, 6) is 0.860. The van der Waals surface area contributed by atoms with Crippen LogP contribution >= 0.6 is 0 Å². The van der Waals surface area contributed by atoms with Crippen LogP contribution in [-0.2, 0) is 0 Å². The highest BCUT2D eigenvalue weighted by Crippen LogP contribution is 2.42. The van der Waals surface area contributed by atoms with Gasteiger partial charge in [-0.3, -0.25) is 0 Å². The number of rotatable bonds is 7. The van der Waals surface area contributed by atoms with Gasteiger partial charge in [0.05, 0.1) is 16.4 Å². The molecule has 12 aromatic rings. The summed E-state index contributed by atoms with van der Waals surface area (Å²) < 4.78 is 14.9. The number of anilines is 3. The SMILES string of the molecule is c1ccc(-c2ccc(N(c3ccc(-c4ccc(-n5c6ccccc6c6ccc7oc8ccccc8c7c65)cc4)cc3)c3ccc(-c4cc5ccccc5o4)cc3)cc2)cc1. The van der Waals surface area contributed by atoms with Crippen molar-refractivity contribution in [3.05, 3.63) is 218 Å². The minimum Gasteiger partial charge on any atom is -0.456 e. The Balaban J connectivity index is 0.910. The highest BCUT2D eigenvalue weighted by atomic mass is 16.3. The summed E-state index contributed by atoms with van der Waals surface area (Å²) >= 11 is 0. The Morgan fingerprint density at radius 2 is 0.883 bits per heavy atom. The monoisotopic (exact) mass is 768 g/mol. The van der Waals surface area contributed by atoms with E-state index in [4.69, 9.17) is 8.83 Å². The molecule has 0 aliphatic carbocycles. The van der Waals surface area contributed by atoms with Gasteiger partial charge in [-0.1, -0.05) is 121 Å². The van der Waals surface area contributed by atoms with E-state index < -0.39 is 0 Å². The normalized spacial score (nSPS) is 11.7. The first-order chi connectivity index (χ1) is 29.7. The molecule has 4 heteroatoms. The highest BCUT2D eigenvalue weighted by Gasteiger charge is 2.19. The Morgan fingerprint density at radius 1 is 0.350 bits per heavy atom. The second-order valence-corrected chi connectivity index (χ2v) is 15.3. The van der Waals surface area contributed by atoms with Crippen molar-refractivity contribution in [2.24, 2.45) is 0 Å². The van der Waals surface area contributed by atoms with Crippen molar-refractivity contribution in [1.82, 2.24) is 4.57 Å². The number of aromatic nitrogens is 1. The second-order valence-electron chi connectivity index (χ2n) is 15.3. The largest absolute Gasteiger partial charge is 0.456 e. The van der Waals surface area contributed by atoms with E-state index in [1.807, 2.05) is 24.3 Å². The predicted octanol–water partition coefficient (Wildman–Crippen LogP) is 15.9. The molecule has 0 amide bonds. The lowest BCUT2D eigenvalue weighted by Crippen LogP contribution is -2.09. The van der Waals surface area contributed by atoms with E-state index in [1.54, 1.807) is 0 Å². The van der Waals surface area contributed by atoms with Gasteiger partial charge >= 0.3 is 0 Å². The lowest BCUT2D eigenvalue weighted by Gasteiger charge is -2.26. The van der Waals surface area contributed by atoms with Crippen molar-refractivity contribution >= 4 is 71.8 Å². The summed E-state index contributed by atoms with van der Waals surface area (Å²) in [6.07, 6.45) is 0. The van der Waals surface area contributed by atoms with Gasteiger partial charge in [-0.05, 0) is 119 Å². The number of benzene rings is 9. The first kappa shape index (κ1) is 34.0. The maximum absolute atomic E-state index is 6.34. The molecule has 3 aromatic heterocycles. The van der Waals surface area contributed by atoms with Crippen LogP contribution in [0.5, 0.6) is 0 Å². The molecule has 282 valence electrons. The van der Waals surface area contributed by atoms with Gasteiger partial charge in [0.2, 0.25) is 0 Å². The molecule has 12 rings (SSSR count). The first-order valence-corrected chi connectivity index (χ1v) is 20.3. The molecule has 0 atom stereocenters. The number of fused-ring (bicyclic) bond motifs is 8. The topological polar surface area (TPSA) is 34.5 Å². The zero-order valence-electron chi connectivity index (χ0n) is 32.5. The third-order valence-electron chi connectivity index (χ3n) is 11.8. The van der Waals surface area contributed by atoms with E-state index in [2.05, 4.69) is 204 Å². The third-order valence-corrected chi connectivity index (χ3v) is 11.8. The highest BCUT2D eigenvalue weighted by molar-refractivity contribution is 6.24. The molecule has 0 aliphatic heterocycles. The molecular weight excluding hydrogens is 733 g/mol. The molecule has 0 aliphatic rings. The van der Waals surface area contributed by atoms with E-state index in [0.717, 1.165) is 78.1 Å². The predicted molar refractivity (Wildman–Crippen MR) is 249 cm³/mol. The molecule has 0 spiro atoms. The summed E-state index contributed by atoms with van der Waals surface area (Å²) in [5.41, 5.74) is 15.1. The van der Waals surface area contributed by atoms with E-state index in [9.17, 15) is 0 Å². The summed E-state index contributed by atoms with van der Waals surface area (Å²) in [7, 11) is 0. The van der Waals surface area contributed by atoms with Gasteiger partial charge in [-0.2, -0.15) is 0 Å². The molecule has 0 N–H and O–H groups in total. The fourth-order valence-corrected chi connectivity index (χ4v) is 8.92. The van der Waals surface area contributed by atoms with Crippen LogP contribution < -0.4 is 4.90 Å². The Morgan fingerprint density at radius 3 is 1.55 bits per heavy atom. The van der Waals surface area contributed by atoms with Gasteiger partial charge < -0.3 is 18.3 Å². The minimum atomic E-state index is 0.860. The van der Waals surface area contributed by atoms with Crippen molar-refractivity contribution in [3.63, 3.8) is 0 Å². The smallest absolute Gasteiger partial charge is 0.137 e. The van der Waals surface area contributed by atoms with Crippen LogP contribution in [0.3, 0.4) is 0 Å². The lowest BCUT2D eigenvalue weighted by atomic mass is 10.0. The van der Waals surface area contributed by atoms with Crippen molar-refractivity contribution in [3.8, 4) is 39.3 Å². The molecule has 0 radical (unpaired) electrons. The number of furan rings is 2. The quantitative estimate of drug-likeness (QED) is 0.162. The fourth-order valence-electron chi connectivity index (χ4n) is 8.92. The molecule has 0 unspecified atom stereocenters. The summed E-state index contributed by atoms with van der Waals surface area (Å²) in [5, 5.41) is 5.81. The number of para-hydroxylation sites is 3. The second kappa shape index (κ2) is 13.8. The van der Waals surface area contributed by atoms with Crippen LogP contribution in [0.15, 0.2) is 227 Å². The Kier molecular flexibility index (Phi) is 7.82. The van der Waals surface area contributed by atoms with Crippen LogP contribution in [-0.4, -0.2) is 4.57 Å². The van der Waals surface area contributed by atoms with Crippen LogP contribution in [0.2, 0.25) is 0 Å². The first-order valence-electron chi connectivity index (χ1n) is 20.3. The van der Waals surface area contributed by atoms with Gasteiger partial charge in [-0.25, -0.2) is 0 Å². The molecule has 0 saturated carbocycles. The maximum atomic E-state index is 6.34. The number of hydrogen-bond acceptors (Lipinski definition) is 3. The van der Waals surface area contributed by atoms with Gasteiger partial charge in [0.1, 0.15) is 22.5 Å². The number of hydrogen-bond donors (Lipinski definition) is 0. The summed E-state index contributed by atoms with van der Waals surface area (Å²) in [6, 6.07) is 77.4. The molecule has 9 aromatic carbocycles. The molecule has 0 fully saturated rings. The zero-order valence-corrected chi connectivity index (χ0v) is 32.5. The standard InChI is InChI=1S/C56H36N2O2/c1-2-10-37(11-3-1)38-18-26-43(27-19-38)57(45-32-24-41(25-33-45)54-36-42-12-4-8-16-51(42)59-54)44-28-20-39(21-29-44)40-22-30-46(31-23-40)58-50-15-7-5-13-47(50)48-34-35-53-55(56(48)58)49-14-6-9-17-52(49)60-53/h1-36H. The van der Waals surface area contributed by atoms with Gasteiger partial charge in [0, 0.05) is 49.9 Å². The van der Waals surface area contributed by atoms with Crippen LogP contribution in [0, 0.1) is 0 Å². The van der Waals surface area contributed by atoms with Crippen molar-refractivity contribution in [2.45, 2.75) is 0 Å². The van der Waals surface area contributed by atoms with Crippen molar-refractivity contribution in [2.75, 3.05) is 4.90 Å². The van der Waals surface area contributed by atoms with Gasteiger partial charge in [-0.15, -0.1) is 0 Å².